The minimum absolute atomic E-state index is 0.154. The van der Waals surface area contributed by atoms with Crippen molar-refractivity contribution in [1.29, 1.82) is 0 Å². The van der Waals surface area contributed by atoms with Gasteiger partial charge < -0.3 is 20.1 Å². The number of rotatable bonds is 10. The summed E-state index contributed by atoms with van der Waals surface area (Å²) >= 11 is 0. The predicted molar refractivity (Wildman–Crippen MR) is 67.9 cm³/mol. The van der Waals surface area contributed by atoms with Crippen molar-refractivity contribution in [2.45, 2.75) is 33.3 Å². The van der Waals surface area contributed by atoms with Gasteiger partial charge in [0.25, 0.3) is 0 Å². The third-order valence-corrected chi connectivity index (χ3v) is 2.53. The van der Waals surface area contributed by atoms with Gasteiger partial charge in [-0.15, -0.1) is 0 Å². The third kappa shape index (κ3) is 8.12. The van der Waals surface area contributed by atoms with E-state index < -0.39 is 6.10 Å². The van der Waals surface area contributed by atoms with Gasteiger partial charge in [-0.3, -0.25) is 4.79 Å². The minimum atomic E-state index is -0.501. The molecule has 5 heteroatoms. The van der Waals surface area contributed by atoms with E-state index in [9.17, 15) is 9.90 Å². The van der Waals surface area contributed by atoms with Crippen LogP contribution in [0, 0.1) is 0 Å². The second kappa shape index (κ2) is 10.5. The van der Waals surface area contributed by atoms with Gasteiger partial charge in [-0.1, -0.05) is 0 Å². The fraction of sp³-hybridized carbons (Fsp3) is 0.917. The number of aliphatic hydroxyl groups excluding tert-OH is 1. The van der Waals surface area contributed by atoms with E-state index in [1.807, 2.05) is 20.8 Å². The topological polar surface area (TPSA) is 61.8 Å². The van der Waals surface area contributed by atoms with Crippen molar-refractivity contribution in [3.05, 3.63) is 0 Å². The largest absolute Gasteiger partial charge is 0.389 e. The Labute approximate surface area is 104 Å². The van der Waals surface area contributed by atoms with Crippen LogP contribution in [0.15, 0.2) is 0 Å². The smallest absolute Gasteiger partial charge is 0.223 e. The zero-order valence-corrected chi connectivity index (χ0v) is 11.2. The fourth-order valence-corrected chi connectivity index (χ4v) is 1.51. The van der Waals surface area contributed by atoms with Gasteiger partial charge in [-0.2, -0.15) is 0 Å². The molecule has 102 valence electrons. The highest BCUT2D eigenvalue weighted by Crippen LogP contribution is 1.92. The second-order valence-electron chi connectivity index (χ2n) is 3.83. The van der Waals surface area contributed by atoms with E-state index >= 15 is 0 Å². The van der Waals surface area contributed by atoms with Crippen LogP contribution < -0.4 is 5.32 Å². The lowest BCUT2D eigenvalue weighted by molar-refractivity contribution is -0.130. The molecule has 0 aromatic carbocycles. The summed E-state index contributed by atoms with van der Waals surface area (Å²) in [4.78, 5) is 13.4. The standard InChI is InChI=1S/C12H26N2O3/c1-4-14(5-2)12(16)7-8-13-9-11(15)10-17-6-3/h11,13,15H,4-10H2,1-3H3. The van der Waals surface area contributed by atoms with Crippen molar-refractivity contribution in [2.75, 3.05) is 39.4 Å². The summed E-state index contributed by atoms with van der Waals surface area (Å²) in [6.45, 7) is 9.35. The zero-order chi connectivity index (χ0) is 13.1. The molecule has 0 saturated heterocycles. The maximum absolute atomic E-state index is 11.6. The number of carbonyl (C=O) groups is 1. The molecule has 17 heavy (non-hydrogen) atoms. The van der Waals surface area contributed by atoms with Crippen molar-refractivity contribution >= 4 is 5.91 Å². The van der Waals surface area contributed by atoms with Crippen LogP contribution >= 0.6 is 0 Å². The zero-order valence-electron chi connectivity index (χ0n) is 11.2. The van der Waals surface area contributed by atoms with Gasteiger partial charge in [-0.05, 0) is 20.8 Å². The van der Waals surface area contributed by atoms with Crippen LogP contribution in [0.5, 0.6) is 0 Å². The van der Waals surface area contributed by atoms with Crippen molar-refractivity contribution in [1.82, 2.24) is 10.2 Å². The van der Waals surface area contributed by atoms with Crippen LogP contribution in [0.2, 0.25) is 0 Å². The highest BCUT2D eigenvalue weighted by atomic mass is 16.5. The molecule has 1 atom stereocenters. The Morgan fingerprint density at radius 2 is 2.00 bits per heavy atom. The number of hydrogen-bond acceptors (Lipinski definition) is 4. The van der Waals surface area contributed by atoms with Crippen molar-refractivity contribution in [3.63, 3.8) is 0 Å². The van der Waals surface area contributed by atoms with E-state index in [1.165, 1.54) is 0 Å². The van der Waals surface area contributed by atoms with Crippen LogP contribution in [-0.4, -0.2) is 61.4 Å². The highest BCUT2D eigenvalue weighted by molar-refractivity contribution is 5.76. The average molecular weight is 246 g/mol. The summed E-state index contributed by atoms with van der Waals surface area (Å²) in [7, 11) is 0. The molecule has 0 saturated carbocycles. The molecule has 1 unspecified atom stereocenters. The molecule has 0 aromatic rings. The van der Waals surface area contributed by atoms with Crippen molar-refractivity contribution in [2.24, 2.45) is 0 Å². The molecule has 0 aromatic heterocycles. The Kier molecular flexibility index (Phi) is 10.1. The number of nitrogens with one attached hydrogen (secondary N) is 1. The minimum Gasteiger partial charge on any atom is -0.389 e. The van der Waals surface area contributed by atoms with Crippen molar-refractivity contribution < 1.29 is 14.6 Å². The Bertz CT molecular complexity index is 196. The van der Waals surface area contributed by atoms with E-state index in [2.05, 4.69) is 5.32 Å². The number of nitrogens with zero attached hydrogens (tertiary/aromatic N) is 1. The number of amides is 1. The summed E-state index contributed by atoms with van der Waals surface area (Å²) in [5, 5.41) is 12.5. The normalized spacial score (nSPS) is 12.5. The third-order valence-electron chi connectivity index (χ3n) is 2.53. The molecular formula is C12H26N2O3. The van der Waals surface area contributed by atoms with Gasteiger partial charge in [0.15, 0.2) is 0 Å². The molecule has 0 bridgehead atoms. The van der Waals surface area contributed by atoms with E-state index in [1.54, 1.807) is 4.90 Å². The molecule has 0 aliphatic rings. The lowest BCUT2D eigenvalue weighted by Gasteiger charge is -2.19. The molecule has 0 rings (SSSR count). The molecule has 0 radical (unpaired) electrons. The van der Waals surface area contributed by atoms with Gasteiger partial charge in [-0.25, -0.2) is 0 Å². The van der Waals surface area contributed by atoms with E-state index in [-0.39, 0.29) is 5.91 Å². The summed E-state index contributed by atoms with van der Waals surface area (Å²) in [6, 6.07) is 0. The van der Waals surface area contributed by atoms with Crippen LogP contribution in [0.1, 0.15) is 27.2 Å². The predicted octanol–water partition coefficient (Wildman–Crippen LogP) is 0.232. The molecule has 5 nitrogen and oxygen atoms in total. The number of carbonyl (C=O) groups excluding carboxylic acids is 1. The summed E-state index contributed by atoms with van der Waals surface area (Å²) in [5.74, 6) is 0.154. The van der Waals surface area contributed by atoms with E-state index in [0.717, 1.165) is 13.1 Å². The maximum Gasteiger partial charge on any atom is 0.223 e. The molecule has 0 fully saturated rings. The first-order chi connectivity index (χ1) is 8.15. The Morgan fingerprint density at radius 3 is 2.53 bits per heavy atom. The van der Waals surface area contributed by atoms with Gasteiger partial charge in [0.05, 0.1) is 12.7 Å². The molecule has 0 heterocycles. The molecular weight excluding hydrogens is 220 g/mol. The van der Waals surface area contributed by atoms with Crippen LogP contribution in [0.25, 0.3) is 0 Å². The molecule has 2 N–H and O–H groups in total. The number of hydrogen-bond donors (Lipinski definition) is 2. The Morgan fingerprint density at radius 1 is 1.35 bits per heavy atom. The summed E-state index contributed by atoms with van der Waals surface area (Å²) < 4.78 is 5.08. The Hall–Kier alpha value is -0.650. The van der Waals surface area contributed by atoms with Crippen molar-refractivity contribution in [3.8, 4) is 0 Å². The van der Waals surface area contributed by atoms with Crippen LogP contribution in [-0.2, 0) is 9.53 Å². The second-order valence-corrected chi connectivity index (χ2v) is 3.83. The van der Waals surface area contributed by atoms with Crippen LogP contribution in [0.4, 0.5) is 0 Å². The highest BCUT2D eigenvalue weighted by Gasteiger charge is 2.09. The van der Waals surface area contributed by atoms with E-state index in [0.29, 0.717) is 32.7 Å². The number of aliphatic hydroxyl groups is 1. The molecule has 0 aliphatic heterocycles. The van der Waals surface area contributed by atoms with E-state index in [4.69, 9.17) is 4.74 Å². The lowest BCUT2D eigenvalue weighted by atomic mass is 10.3. The average Bonchev–Trinajstić information content (AvgIpc) is 2.33. The van der Waals surface area contributed by atoms with Gasteiger partial charge >= 0.3 is 0 Å². The molecule has 1 amide bonds. The summed E-state index contributed by atoms with van der Waals surface area (Å²) in [6.07, 6.45) is -0.0262. The monoisotopic (exact) mass is 246 g/mol. The molecule has 0 spiro atoms. The Balaban J connectivity index is 3.53. The van der Waals surface area contributed by atoms with Crippen LogP contribution in [0.3, 0.4) is 0 Å². The van der Waals surface area contributed by atoms with Gasteiger partial charge in [0, 0.05) is 39.2 Å². The first-order valence-corrected chi connectivity index (χ1v) is 6.39. The van der Waals surface area contributed by atoms with Gasteiger partial charge in [0.1, 0.15) is 0 Å². The molecule has 0 aliphatic carbocycles. The maximum atomic E-state index is 11.6. The summed E-state index contributed by atoms with van der Waals surface area (Å²) in [5.41, 5.74) is 0. The first-order valence-electron chi connectivity index (χ1n) is 6.39. The van der Waals surface area contributed by atoms with Gasteiger partial charge in [0.2, 0.25) is 5.91 Å². The first kappa shape index (κ1) is 16.4. The lowest BCUT2D eigenvalue weighted by Crippen LogP contribution is -2.35. The number of ether oxygens (including phenoxy) is 1. The fourth-order valence-electron chi connectivity index (χ4n) is 1.51. The SMILES string of the molecule is CCOCC(O)CNCCC(=O)N(CC)CC. The quantitative estimate of drug-likeness (QED) is 0.542.